The molecular formula is C4H9N5. The number of nitrogens with two attached hydrogens (primary N) is 1. The number of hydrogen-bond donors (Lipinski definition) is 4. The summed E-state index contributed by atoms with van der Waals surface area (Å²) in [6.07, 6.45) is 0.356. The standard InChI is InChI=1S/C4H9N5/c5-4-8-2-3(9-4)7-1-6-2/h2-3,6-7H,1H2,(H3,5,8,9). The van der Waals surface area contributed by atoms with Crippen LogP contribution in [0.25, 0.3) is 0 Å². The number of fused-ring (bicyclic) bond motifs is 1. The number of aliphatic imine (C=N–C) groups is 1. The predicted molar refractivity (Wildman–Crippen MR) is 33.5 cm³/mol. The van der Waals surface area contributed by atoms with Crippen molar-refractivity contribution in [2.45, 2.75) is 12.3 Å². The Balaban J connectivity index is 2.13. The van der Waals surface area contributed by atoms with E-state index in [2.05, 4.69) is 20.9 Å². The summed E-state index contributed by atoms with van der Waals surface area (Å²) >= 11 is 0. The lowest BCUT2D eigenvalue weighted by molar-refractivity contribution is 0.537. The third-order valence-corrected chi connectivity index (χ3v) is 1.53. The SMILES string of the molecule is NC1=NC2NCNC2N1. The molecule has 50 valence electrons. The molecule has 0 amide bonds. The summed E-state index contributed by atoms with van der Waals surface area (Å²) in [4.78, 5) is 4.06. The van der Waals surface area contributed by atoms with Gasteiger partial charge < -0.3 is 11.1 Å². The molecular weight excluding hydrogens is 118 g/mol. The number of guanidine groups is 1. The van der Waals surface area contributed by atoms with Crippen LogP contribution in [-0.2, 0) is 0 Å². The topological polar surface area (TPSA) is 74.5 Å². The van der Waals surface area contributed by atoms with E-state index >= 15 is 0 Å². The van der Waals surface area contributed by atoms with Gasteiger partial charge in [-0.3, -0.25) is 10.6 Å². The van der Waals surface area contributed by atoms with Crippen LogP contribution in [0.5, 0.6) is 0 Å². The number of nitrogens with one attached hydrogen (secondary N) is 3. The lowest BCUT2D eigenvalue weighted by Gasteiger charge is -2.05. The molecule has 2 aliphatic rings. The second-order valence-corrected chi connectivity index (χ2v) is 2.17. The normalized spacial score (nSPS) is 39.8. The Bertz CT molecular complexity index is 153. The van der Waals surface area contributed by atoms with Crippen LogP contribution in [0.4, 0.5) is 0 Å². The van der Waals surface area contributed by atoms with Crippen LogP contribution in [0.1, 0.15) is 0 Å². The Morgan fingerprint density at radius 2 is 2.44 bits per heavy atom. The van der Waals surface area contributed by atoms with Gasteiger partial charge in [0.15, 0.2) is 5.96 Å². The molecule has 2 unspecified atom stereocenters. The average Bonchev–Trinajstić information content (AvgIpc) is 2.22. The summed E-state index contributed by atoms with van der Waals surface area (Å²) in [5.74, 6) is 0.518. The first-order chi connectivity index (χ1) is 4.36. The van der Waals surface area contributed by atoms with E-state index in [4.69, 9.17) is 5.73 Å². The largest absolute Gasteiger partial charge is 0.370 e. The summed E-state index contributed by atoms with van der Waals surface area (Å²) in [6, 6.07) is 0. The summed E-state index contributed by atoms with van der Waals surface area (Å²) < 4.78 is 0. The van der Waals surface area contributed by atoms with Gasteiger partial charge in [-0.05, 0) is 0 Å². The van der Waals surface area contributed by atoms with E-state index in [9.17, 15) is 0 Å². The lowest BCUT2D eigenvalue weighted by Crippen LogP contribution is -2.43. The highest BCUT2D eigenvalue weighted by atomic mass is 15.4. The quantitative estimate of drug-likeness (QED) is 0.295. The van der Waals surface area contributed by atoms with E-state index in [1.807, 2.05) is 0 Å². The van der Waals surface area contributed by atoms with Gasteiger partial charge in [-0.2, -0.15) is 0 Å². The van der Waals surface area contributed by atoms with Crippen LogP contribution < -0.4 is 21.7 Å². The zero-order valence-electron chi connectivity index (χ0n) is 4.89. The van der Waals surface area contributed by atoms with E-state index in [1.54, 1.807) is 0 Å². The second kappa shape index (κ2) is 1.58. The molecule has 5 N–H and O–H groups in total. The van der Waals surface area contributed by atoms with E-state index in [0.717, 1.165) is 6.67 Å². The van der Waals surface area contributed by atoms with Crippen molar-refractivity contribution in [3.8, 4) is 0 Å². The maximum Gasteiger partial charge on any atom is 0.191 e. The third kappa shape index (κ3) is 0.655. The second-order valence-electron chi connectivity index (χ2n) is 2.17. The molecule has 0 radical (unpaired) electrons. The highest BCUT2D eigenvalue weighted by Crippen LogP contribution is 2.02. The van der Waals surface area contributed by atoms with E-state index in [0.29, 0.717) is 5.96 Å². The predicted octanol–water partition coefficient (Wildman–Crippen LogP) is -2.29. The molecule has 0 aliphatic carbocycles. The van der Waals surface area contributed by atoms with Gasteiger partial charge in [0.1, 0.15) is 12.3 Å². The molecule has 9 heavy (non-hydrogen) atoms. The van der Waals surface area contributed by atoms with E-state index in [-0.39, 0.29) is 12.3 Å². The van der Waals surface area contributed by atoms with Gasteiger partial charge in [-0.25, -0.2) is 4.99 Å². The Hall–Kier alpha value is -0.810. The lowest BCUT2D eigenvalue weighted by atomic mass is 10.4. The molecule has 0 aromatic rings. The fraction of sp³-hybridized carbons (Fsp3) is 0.750. The minimum atomic E-state index is 0.144. The first-order valence-corrected chi connectivity index (χ1v) is 2.93. The first-order valence-electron chi connectivity index (χ1n) is 2.93. The van der Waals surface area contributed by atoms with Crippen molar-refractivity contribution in [3.05, 3.63) is 0 Å². The van der Waals surface area contributed by atoms with Gasteiger partial charge in [0.25, 0.3) is 0 Å². The molecule has 0 spiro atoms. The monoisotopic (exact) mass is 127 g/mol. The van der Waals surface area contributed by atoms with Gasteiger partial charge in [0.2, 0.25) is 0 Å². The number of nitrogens with zero attached hydrogens (tertiary/aromatic N) is 1. The van der Waals surface area contributed by atoms with Crippen molar-refractivity contribution in [2.24, 2.45) is 10.7 Å². The van der Waals surface area contributed by atoms with Crippen LogP contribution in [0.3, 0.4) is 0 Å². The molecule has 1 fully saturated rings. The Kier molecular flexibility index (Phi) is 0.882. The Morgan fingerprint density at radius 3 is 3.22 bits per heavy atom. The average molecular weight is 127 g/mol. The smallest absolute Gasteiger partial charge is 0.191 e. The Morgan fingerprint density at radius 1 is 1.56 bits per heavy atom. The van der Waals surface area contributed by atoms with E-state index < -0.39 is 0 Å². The highest BCUT2D eigenvalue weighted by Gasteiger charge is 2.30. The highest BCUT2D eigenvalue weighted by molar-refractivity contribution is 5.80. The van der Waals surface area contributed by atoms with Gasteiger partial charge in [0.05, 0.1) is 0 Å². The molecule has 5 nitrogen and oxygen atoms in total. The molecule has 0 bridgehead atoms. The van der Waals surface area contributed by atoms with Crippen molar-refractivity contribution in [3.63, 3.8) is 0 Å². The Labute approximate surface area is 52.7 Å². The van der Waals surface area contributed by atoms with Gasteiger partial charge in [0, 0.05) is 6.67 Å². The third-order valence-electron chi connectivity index (χ3n) is 1.53. The molecule has 0 aromatic carbocycles. The summed E-state index contributed by atoms with van der Waals surface area (Å²) in [7, 11) is 0. The first kappa shape index (κ1) is 5.01. The minimum Gasteiger partial charge on any atom is -0.370 e. The van der Waals surface area contributed by atoms with Crippen molar-refractivity contribution >= 4 is 5.96 Å². The number of hydrogen-bond acceptors (Lipinski definition) is 5. The van der Waals surface area contributed by atoms with Crippen LogP contribution in [0, 0.1) is 0 Å². The van der Waals surface area contributed by atoms with Crippen molar-refractivity contribution in [2.75, 3.05) is 6.67 Å². The number of rotatable bonds is 0. The molecule has 2 heterocycles. The summed E-state index contributed by atoms with van der Waals surface area (Å²) in [5, 5.41) is 9.21. The maximum absolute atomic E-state index is 5.38. The molecule has 1 saturated heterocycles. The molecule has 2 rings (SSSR count). The maximum atomic E-state index is 5.38. The van der Waals surface area contributed by atoms with Crippen LogP contribution in [0.15, 0.2) is 4.99 Å². The van der Waals surface area contributed by atoms with Gasteiger partial charge >= 0.3 is 0 Å². The van der Waals surface area contributed by atoms with Crippen LogP contribution in [0.2, 0.25) is 0 Å². The van der Waals surface area contributed by atoms with E-state index in [1.165, 1.54) is 0 Å². The fourth-order valence-corrected chi connectivity index (χ4v) is 1.10. The van der Waals surface area contributed by atoms with Crippen molar-refractivity contribution in [1.82, 2.24) is 16.0 Å². The zero-order chi connectivity index (χ0) is 6.27. The van der Waals surface area contributed by atoms with Gasteiger partial charge in [-0.1, -0.05) is 0 Å². The summed E-state index contributed by atoms with van der Waals surface area (Å²) in [5.41, 5.74) is 5.38. The fourth-order valence-electron chi connectivity index (χ4n) is 1.10. The van der Waals surface area contributed by atoms with Gasteiger partial charge in [-0.15, -0.1) is 0 Å². The summed E-state index contributed by atoms with van der Waals surface area (Å²) in [6.45, 7) is 0.805. The van der Waals surface area contributed by atoms with Crippen molar-refractivity contribution < 1.29 is 0 Å². The molecule has 0 saturated carbocycles. The molecule has 5 heteroatoms. The van der Waals surface area contributed by atoms with Crippen molar-refractivity contribution in [1.29, 1.82) is 0 Å². The van der Waals surface area contributed by atoms with Crippen LogP contribution in [-0.4, -0.2) is 25.0 Å². The molecule has 2 atom stereocenters. The molecule has 2 aliphatic heterocycles. The minimum absolute atomic E-state index is 0.144. The zero-order valence-corrected chi connectivity index (χ0v) is 4.89. The van der Waals surface area contributed by atoms with Crippen LogP contribution >= 0.6 is 0 Å². The molecule has 0 aromatic heterocycles.